The van der Waals surface area contributed by atoms with Crippen molar-refractivity contribution in [2.45, 2.75) is 20.1 Å². The molecule has 0 saturated heterocycles. The van der Waals surface area contributed by atoms with E-state index in [2.05, 4.69) is 15.0 Å². The van der Waals surface area contributed by atoms with E-state index in [1.54, 1.807) is 18.3 Å². The quantitative estimate of drug-likeness (QED) is 0.884. The zero-order valence-electron chi connectivity index (χ0n) is 11.8. The molecule has 6 heteroatoms. The number of aromatic nitrogens is 1. The molecule has 0 atom stereocenters. The van der Waals surface area contributed by atoms with Gasteiger partial charge in [-0.15, -0.1) is 0 Å². The predicted octanol–water partition coefficient (Wildman–Crippen LogP) is 3.61. The average Bonchev–Trinajstić information content (AvgIpc) is 2.46. The molecule has 112 valence electrons. The van der Waals surface area contributed by atoms with Crippen LogP contribution in [0.5, 0.6) is 11.5 Å². The van der Waals surface area contributed by atoms with Gasteiger partial charge in [0.15, 0.2) is 11.5 Å². The van der Waals surface area contributed by atoms with Crippen LogP contribution in [0.4, 0.5) is 14.5 Å². The summed E-state index contributed by atoms with van der Waals surface area (Å²) in [4.78, 5) is 4.19. The summed E-state index contributed by atoms with van der Waals surface area (Å²) in [5.74, 6) is 0.261. The fourth-order valence-corrected chi connectivity index (χ4v) is 1.78. The largest absolute Gasteiger partial charge is 0.493 e. The second-order valence-corrected chi connectivity index (χ2v) is 4.41. The number of alkyl halides is 2. The van der Waals surface area contributed by atoms with E-state index >= 15 is 0 Å². The summed E-state index contributed by atoms with van der Waals surface area (Å²) in [7, 11) is 1.40. The van der Waals surface area contributed by atoms with Crippen molar-refractivity contribution in [3.8, 4) is 11.5 Å². The maximum absolute atomic E-state index is 12.4. The van der Waals surface area contributed by atoms with Crippen molar-refractivity contribution in [1.82, 2.24) is 4.98 Å². The van der Waals surface area contributed by atoms with Crippen molar-refractivity contribution >= 4 is 5.69 Å². The normalized spacial score (nSPS) is 10.5. The lowest BCUT2D eigenvalue weighted by molar-refractivity contribution is -0.0511. The molecule has 0 aliphatic carbocycles. The van der Waals surface area contributed by atoms with Gasteiger partial charge in [0.05, 0.1) is 7.11 Å². The van der Waals surface area contributed by atoms with Crippen molar-refractivity contribution in [2.75, 3.05) is 12.4 Å². The molecule has 21 heavy (non-hydrogen) atoms. The van der Waals surface area contributed by atoms with Crippen LogP contribution in [-0.2, 0) is 6.54 Å². The number of pyridine rings is 1. The van der Waals surface area contributed by atoms with Gasteiger partial charge in [-0.2, -0.15) is 8.78 Å². The maximum atomic E-state index is 12.4. The molecule has 2 aromatic rings. The Balaban J connectivity index is 2.07. The van der Waals surface area contributed by atoms with Crippen molar-refractivity contribution in [3.63, 3.8) is 0 Å². The average molecular weight is 294 g/mol. The summed E-state index contributed by atoms with van der Waals surface area (Å²) in [5, 5.41) is 3.12. The van der Waals surface area contributed by atoms with Crippen molar-refractivity contribution in [1.29, 1.82) is 0 Å². The van der Waals surface area contributed by atoms with E-state index in [1.165, 1.54) is 13.2 Å². The fourth-order valence-electron chi connectivity index (χ4n) is 1.78. The van der Waals surface area contributed by atoms with E-state index in [0.717, 1.165) is 11.3 Å². The molecule has 1 heterocycles. The Kier molecular flexibility index (Phi) is 4.92. The minimum absolute atomic E-state index is 0.000434. The number of ether oxygens (including phenoxy) is 2. The number of nitrogens with one attached hydrogen (secondary N) is 1. The molecule has 1 N–H and O–H groups in total. The minimum Gasteiger partial charge on any atom is -0.493 e. The van der Waals surface area contributed by atoms with Gasteiger partial charge in [0.2, 0.25) is 0 Å². The number of rotatable bonds is 6. The van der Waals surface area contributed by atoms with Crippen molar-refractivity contribution < 1.29 is 18.3 Å². The number of hydrogen-bond donors (Lipinski definition) is 1. The number of hydrogen-bond acceptors (Lipinski definition) is 4. The van der Waals surface area contributed by atoms with E-state index in [0.29, 0.717) is 12.2 Å². The Bertz CT molecular complexity index is 589. The molecule has 1 aromatic heterocycles. The molecule has 0 unspecified atom stereocenters. The lowest BCUT2D eigenvalue weighted by Crippen LogP contribution is -2.05. The number of methoxy groups -OCH3 is 1. The van der Waals surface area contributed by atoms with Crippen LogP contribution in [0.15, 0.2) is 36.5 Å². The number of benzene rings is 1. The Labute approximate surface area is 121 Å². The molecular formula is C15H16F2N2O2. The molecule has 0 amide bonds. The number of anilines is 1. The van der Waals surface area contributed by atoms with Crippen molar-refractivity contribution in [2.24, 2.45) is 0 Å². The highest BCUT2D eigenvalue weighted by Crippen LogP contribution is 2.31. The highest BCUT2D eigenvalue weighted by Gasteiger charge is 2.11. The van der Waals surface area contributed by atoms with Gasteiger partial charge < -0.3 is 14.8 Å². The van der Waals surface area contributed by atoms with Crippen LogP contribution >= 0.6 is 0 Å². The van der Waals surface area contributed by atoms with Crippen LogP contribution in [0.3, 0.4) is 0 Å². The Morgan fingerprint density at radius 3 is 2.62 bits per heavy atom. The van der Waals surface area contributed by atoms with Gasteiger partial charge in [0, 0.05) is 30.2 Å². The summed E-state index contributed by atoms with van der Waals surface area (Å²) >= 11 is 0. The van der Waals surface area contributed by atoms with Crippen LogP contribution in [-0.4, -0.2) is 18.7 Å². The maximum Gasteiger partial charge on any atom is 0.387 e. The van der Waals surface area contributed by atoms with E-state index < -0.39 is 6.61 Å². The highest BCUT2D eigenvalue weighted by molar-refractivity contribution is 5.55. The van der Waals surface area contributed by atoms with Crippen LogP contribution in [0.25, 0.3) is 0 Å². The topological polar surface area (TPSA) is 43.4 Å². The van der Waals surface area contributed by atoms with Gasteiger partial charge in [-0.25, -0.2) is 0 Å². The zero-order valence-corrected chi connectivity index (χ0v) is 11.8. The van der Waals surface area contributed by atoms with Crippen LogP contribution in [0, 0.1) is 6.92 Å². The van der Waals surface area contributed by atoms with Crippen LogP contribution in [0.2, 0.25) is 0 Å². The first-order valence-corrected chi connectivity index (χ1v) is 6.36. The zero-order chi connectivity index (χ0) is 15.2. The third-order valence-corrected chi connectivity index (χ3v) is 2.85. The van der Waals surface area contributed by atoms with Crippen LogP contribution < -0.4 is 14.8 Å². The molecular weight excluding hydrogens is 278 g/mol. The summed E-state index contributed by atoms with van der Waals surface area (Å²) < 4.78 is 34.1. The number of nitrogens with zero attached hydrogens (tertiary/aromatic N) is 1. The van der Waals surface area contributed by atoms with Gasteiger partial charge in [0.1, 0.15) is 0 Å². The molecule has 0 aliphatic heterocycles. The summed E-state index contributed by atoms with van der Waals surface area (Å²) in [5.41, 5.74) is 2.59. The molecule has 0 saturated carbocycles. The molecule has 1 aromatic carbocycles. The summed E-state index contributed by atoms with van der Waals surface area (Å²) in [6.07, 6.45) is 1.77. The minimum atomic E-state index is -2.89. The van der Waals surface area contributed by atoms with Crippen LogP contribution in [0.1, 0.15) is 11.3 Å². The van der Waals surface area contributed by atoms with E-state index in [9.17, 15) is 8.78 Å². The third kappa shape index (κ3) is 4.30. The first-order valence-electron chi connectivity index (χ1n) is 6.36. The molecule has 0 radical (unpaired) electrons. The predicted molar refractivity (Wildman–Crippen MR) is 75.9 cm³/mol. The highest BCUT2D eigenvalue weighted by atomic mass is 19.3. The summed E-state index contributed by atoms with van der Waals surface area (Å²) in [6, 6.07) is 8.66. The second-order valence-electron chi connectivity index (χ2n) is 4.41. The number of aryl methyl sites for hydroxylation is 1. The van der Waals surface area contributed by atoms with Gasteiger partial charge in [-0.05, 0) is 30.7 Å². The smallest absolute Gasteiger partial charge is 0.387 e. The molecule has 2 rings (SSSR count). The van der Waals surface area contributed by atoms with Gasteiger partial charge in [0.25, 0.3) is 0 Å². The Morgan fingerprint density at radius 2 is 2.00 bits per heavy atom. The first-order chi connectivity index (χ1) is 10.1. The second kappa shape index (κ2) is 6.88. The first kappa shape index (κ1) is 15.0. The SMILES string of the molecule is COc1ccc(NCc2ccc(C)nc2)cc1OC(F)F. The van der Waals surface area contributed by atoms with E-state index in [4.69, 9.17) is 4.74 Å². The Hall–Kier alpha value is -2.37. The monoisotopic (exact) mass is 294 g/mol. The molecule has 0 bridgehead atoms. The van der Waals surface area contributed by atoms with E-state index in [-0.39, 0.29) is 11.5 Å². The molecule has 0 spiro atoms. The number of halogens is 2. The molecule has 4 nitrogen and oxygen atoms in total. The Morgan fingerprint density at radius 1 is 1.19 bits per heavy atom. The molecule has 0 aliphatic rings. The third-order valence-electron chi connectivity index (χ3n) is 2.85. The van der Waals surface area contributed by atoms with Gasteiger partial charge >= 0.3 is 6.61 Å². The lowest BCUT2D eigenvalue weighted by atomic mass is 10.2. The van der Waals surface area contributed by atoms with Gasteiger partial charge in [-0.1, -0.05) is 6.07 Å². The standard InChI is InChI=1S/C15H16F2N2O2/c1-10-3-4-11(8-18-10)9-19-12-5-6-13(20-2)14(7-12)21-15(16)17/h3-8,15,19H,9H2,1-2H3. The van der Waals surface area contributed by atoms with E-state index in [1.807, 2.05) is 19.1 Å². The fraction of sp³-hybridized carbons (Fsp3) is 0.267. The molecule has 0 fully saturated rings. The van der Waals surface area contributed by atoms with Crippen molar-refractivity contribution in [3.05, 3.63) is 47.8 Å². The lowest BCUT2D eigenvalue weighted by Gasteiger charge is -2.12. The van der Waals surface area contributed by atoms with Gasteiger partial charge in [-0.3, -0.25) is 4.98 Å². The summed E-state index contributed by atoms with van der Waals surface area (Å²) in [6.45, 7) is -0.446.